The fourth-order valence-corrected chi connectivity index (χ4v) is 3.37. The lowest BCUT2D eigenvalue weighted by atomic mass is 9.87. The van der Waals surface area contributed by atoms with Crippen molar-refractivity contribution in [2.45, 2.75) is 50.6 Å². The van der Waals surface area contributed by atoms with Gasteiger partial charge in [0, 0.05) is 32.7 Å². The zero-order valence-electron chi connectivity index (χ0n) is 11.8. The zero-order valence-corrected chi connectivity index (χ0v) is 11.8. The van der Waals surface area contributed by atoms with E-state index in [1.807, 2.05) is 14.1 Å². The fraction of sp³-hybridized carbons (Fsp3) is 0.929. The second-order valence-electron chi connectivity index (χ2n) is 6.08. The topological polar surface area (TPSA) is 49.6 Å². The summed E-state index contributed by atoms with van der Waals surface area (Å²) in [6.45, 7) is 1.94. The Labute approximate surface area is 110 Å². The average molecular weight is 253 g/mol. The molecular formula is C14H27N3O. The molecule has 0 unspecified atom stereocenters. The molecule has 1 heterocycles. The summed E-state index contributed by atoms with van der Waals surface area (Å²) in [4.78, 5) is 16.4. The van der Waals surface area contributed by atoms with Gasteiger partial charge < -0.3 is 10.6 Å². The highest BCUT2D eigenvalue weighted by molar-refractivity contribution is 5.79. The normalized spacial score (nSPS) is 31.3. The van der Waals surface area contributed by atoms with Crippen LogP contribution in [0.5, 0.6) is 0 Å². The summed E-state index contributed by atoms with van der Waals surface area (Å²) in [5, 5.41) is 0. The number of hydrogen-bond acceptors (Lipinski definition) is 3. The van der Waals surface area contributed by atoms with Crippen molar-refractivity contribution in [2.75, 3.05) is 27.2 Å². The number of nitrogens with zero attached hydrogens (tertiary/aromatic N) is 2. The zero-order chi connectivity index (χ0) is 13.1. The number of rotatable bonds is 2. The van der Waals surface area contributed by atoms with E-state index in [4.69, 9.17) is 5.73 Å². The maximum absolute atomic E-state index is 12.2. The summed E-state index contributed by atoms with van der Waals surface area (Å²) in [5.74, 6) is 0.193. The van der Waals surface area contributed by atoms with E-state index in [9.17, 15) is 4.79 Å². The molecule has 0 aromatic heterocycles. The van der Waals surface area contributed by atoms with Crippen molar-refractivity contribution in [1.29, 1.82) is 0 Å². The molecule has 1 saturated carbocycles. The number of hydrogen-bond donors (Lipinski definition) is 1. The van der Waals surface area contributed by atoms with Crippen LogP contribution in [0.25, 0.3) is 0 Å². The number of carbonyl (C=O) groups excluding carboxylic acids is 1. The van der Waals surface area contributed by atoms with E-state index in [-0.39, 0.29) is 17.9 Å². The SMILES string of the molecule is CN(C)C(=O)[C@@H]1CN(C2CCCCC2)CC[C@H]1N. The van der Waals surface area contributed by atoms with E-state index in [1.54, 1.807) is 4.90 Å². The summed E-state index contributed by atoms with van der Waals surface area (Å²) < 4.78 is 0. The lowest BCUT2D eigenvalue weighted by molar-refractivity contribution is -0.135. The minimum atomic E-state index is -0.00400. The first-order valence-electron chi connectivity index (χ1n) is 7.30. The number of amides is 1. The van der Waals surface area contributed by atoms with Crippen molar-refractivity contribution in [1.82, 2.24) is 9.80 Å². The molecule has 2 rings (SSSR count). The van der Waals surface area contributed by atoms with Crippen LogP contribution in [0.4, 0.5) is 0 Å². The molecule has 0 bridgehead atoms. The third kappa shape index (κ3) is 3.04. The molecule has 1 aliphatic heterocycles. The van der Waals surface area contributed by atoms with Crippen molar-refractivity contribution in [3.63, 3.8) is 0 Å². The molecule has 4 heteroatoms. The molecule has 1 amide bonds. The van der Waals surface area contributed by atoms with Crippen molar-refractivity contribution >= 4 is 5.91 Å². The second-order valence-corrected chi connectivity index (χ2v) is 6.08. The van der Waals surface area contributed by atoms with E-state index in [1.165, 1.54) is 32.1 Å². The van der Waals surface area contributed by atoms with Crippen molar-refractivity contribution in [2.24, 2.45) is 11.7 Å². The van der Waals surface area contributed by atoms with Crippen LogP contribution >= 0.6 is 0 Å². The third-order valence-electron chi connectivity index (χ3n) is 4.55. The van der Waals surface area contributed by atoms with E-state index in [0.29, 0.717) is 6.04 Å². The summed E-state index contributed by atoms with van der Waals surface area (Å²) in [6.07, 6.45) is 7.64. The van der Waals surface area contributed by atoms with Gasteiger partial charge in [-0.15, -0.1) is 0 Å². The molecule has 1 aliphatic carbocycles. The van der Waals surface area contributed by atoms with Gasteiger partial charge in [0.05, 0.1) is 5.92 Å². The number of likely N-dealkylation sites (tertiary alicyclic amines) is 1. The summed E-state index contributed by atoms with van der Waals surface area (Å²) in [7, 11) is 3.66. The maximum Gasteiger partial charge on any atom is 0.228 e. The largest absolute Gasteiger partial charge is 0.348 e. The van der Waals surface area contributed by atoms with Gasteiger partial charge in [0.2, 0.25) is 5.91 Å². The van der Waals surface area contributed by atoms with Crippen LogP contribution < -0.4 is 5.73 Å². The minimum Gasteiger partial charge on any atom is -0.348 e. The van der Waals surface area contributed by atoms with E-state index >= 15 is 0 Å². The van der Waals surface area contributed by atoms with Gasteiger partial charge in [-0.1, -0.05) is 19.3 Å². The van der Waals surface area contributed by atoms with Gasteiger partial charge in [-0.05, 0) is 25.8 Å². The Bertz CT molecular complexity index is 287. The molecule has 104 valence electrons. The lowest BCUT2D eigenvalue weighted by Gasteiger charge is -2.42. The van der Waals surface area contributed by atoms with Crippen LogP contribution in [0.15, 0.2) is 0 Å². The van der Waals surface area contributed by atoms with Gasteiger partial charge in [0.15, 0.2) is 0 Å². The van der Waals surface area contributed by atoms with E-state index in [0.717, 1.165) is 19.5 Å². The second kappa shape index (κ2) is 6.02. The minimum absolute atomic E-state index is 0.00400. The molecule has 2 atom stereocenters. The Hall–Kier alpha value is -0.610. The highest BCUT2D eigenvalue weighted by Gasteiger charge is 2.35. The van der Waals surface area contributed by atoms with Gasteiger partial charge in [-0.25, -0.2) is 0 Å². The first-order chi connectivity index (χ1) is 8.59. The van der Waals surface area contributed by atoms with Crippen LogP contribution in [0.3, 0.4) is 0 Å². The van der Waals surface area contributed by atoms with Gasteiger partial charge in [0.1, 0.15) is 0 Å². The van der Waals surface area contributed by atoms with Crippen LogP contribution in [0.2, 0.25) is 0 Å². The monoisotopic (exact) mass is 253 g/mol. The third-order valence-corrected chi connectivity index (χ3v) is 4.55. The van der Waals surface area contributed by atoms with Gasteiger partial charge in [-0.2, -0.15) is 0 Å². The van der Waals surface area contributed by atoms with Crippen molar-refractivity contribution < 1.29 is 4.79 Å². The molecule has 18 heavy (non-hydrogen) atoms. The number of nitrogens with two attached hydrogens (primary N) is 1. The fourth-order valence-electron chi connectivity index (χ4n) is 3.37. The molecule has 2 fully saturated rings. The first kappa shape index (κ1) is 13.8. The molecule has 0 aromatic carbocycles. The highest BCUT2D eigenvalue weighted by Crippen LogP contribution is 2.27. The number of piperidine rings is 1. The van der Waals surface area contributed by atoms with Gasteiger partial charge in [-0.3, -0.25) is 9.69 Å². The molecule has 1 saturated heterocycles. The molecule has 2 N–H and O–H groups in total. The Balaban J connectivity index is 1.96. The van der Waals surface area contributed by atoms with E-state index in [2.05, 4.69) is 4.90 Å². The standard InChI is InChI=1S/C14H27N3O/c1-16(2)14(18)12-10-17(9-8-13(12)15)11-6-4-3-5-7-11/h11-13H,3-10,15H2,1-2H3/t12-,13-/m1/s1. The summed E-state index contributed by atoms with van der Waals surface area (Å²) in [5.41, 5.74) is 6.14. The Morgan fingerprint density at radius 2 is 1.83 bits per heavy atom. The van der Waals surface area contributed by atoms with Crippen LogP contribution in [0, 0.1) is 5.92 Å². The molecular weight excluding hydrogens is 226 g/mol. The summed E-state index contributed by atoms with van der Waals surface area (Å²) in [6, 6.07) is 0.739. The van der Waals surface area contributed by atoms with Crippen molar-refractivity contribution in [3.8, 4) is 0 Å². The summed E-state index contributed by atoms with van der Waals surface area (Å²) >= 11 is 0. The van der Waals surface area contributed by atoms with Crippen LogP contribution in [-0.2, 0) is 4.79 Å². The average Bonchev–Trinajstić information content (AvgIpc) is 2.39. The Morgan fingerprint density at radius 3 is 2.44 bits per heavy atom. The van der Waals surface area contributed by atoms with Crippen LogP contribution in [0.1, 0.15) is 38.5 Å². The molecule has 2 aliphatic rings. The predicted octanol–water partition coefficient (Wildman–Crippen LogP) is 1.06. The lowest BCUT2D eigenvalue weighted by Crippen LogP contribution is -2.55. The molecule has 4 nitrogen and oxygen atoms in total. The first-order valence-corrected chi connectivity index (χ1v) is 7.30. The Kier molecular flexibility index (Phi) is 4.62. The Morgan fingerprint density at radius 1 is 1.17 bits per heavy atom. The van der Waals surface area contributed by atoms with E-state index < -0.39 is 0 Å². The quantitative estimate of drug-likeness (QED) is 0.800. The van der Waals surface area contributed by atoms with Crippen LogP contribution in [-0.4, -0.2) is 55.0 Å². The van der Waals surface area contributed by atoms with Gasteiger partial charge in [0.25, 0.3) is 0 Å². The molecule has 0 aromatic rings. The smallest absolute Gasteiger partial charge is 0.228 e. The predicted molar refractivity (Wildman–Crippen MR) is 73.2 cm³/mol. The molecule has 0 spiro atoms. The molecule has 0 radical (unpaired) electrons. The van der Waals surface area contributed by atoms with Crippen molar-refractivity contribution in [3.05, 3.63) is 0 Å². The maximum atomic E-state index is 12.2. The highest BCUT2D eigenvalue weighted by atomic mass is 16.2. The van der Waals surface area contributed by atoms with Gasteiger partial charge >= 0.3 is 0 Å². The number of carbonyl (C=O) groups is 1.